The first-order valence-electron chi connectivity index (χ1n) is 6.20. The SMILES string of the molecule is CCCN(CC(=O)OC)C(=O)c1ccc(F)c([N+](=O)[O-])c1. The van der Waals surface area contributed by atoms with Crippen LogP contribution in [0.2, 0.25) is 0 Å². The highest BCUT2D eigenvalue weighted by atomic mass is 19.1. The Morgan fingerprint density at radius 1 is 1.43 bits per heavy atom. The molecule has 0 aromatic heterocycles. The second-order valence-electron chi connectivity index (χ2n) is 4.23. The van der Waals surface area contributed by atoms with Gasteiger partial charge in [0.2, 0.25) is 5.82 Å². The lowest BCUT2D eigenvalue weighted by molar-refractivity contribution is -0.387. The van der Waals surface area contributed by atoms with Crippen molar-refractivity contribution in [3.63, 3.8) is 0 Å². The number of hydrogen-bond acceptors (Lipinski definition) is 5. The Balaban J connectivity index is 3.06. The fourth-order valence-corrected chi connectivity index (χ4v) is 1.71. The molecule has 1 aromatic rings. The van der Waals surface area contributed by atoms with Crippen LogP contribution in [0, 0.1) is 15.9 Å². The lowest BCUT2D eigenvalue weighted by Gasteiger charge is -2.20. The van der Waals surface area contributed by atoms with Crippen LogP contribution >= 0.6 is 0 Å². The van der Waals surface area contributed by atoms with Crippen LogP contribution in [-0.4, -0.2) is 41.9 Å². The summed E-state index contributed by atoms with van der Waals surface area (Å²) < 4.78 is 17.8. The molecule has 0 aliphatic carbocycles. The van der Waals surface area contributed by atoms with E-state index in [0.717, 1.165) is 18.2 Å². The molecule has 1 rings (SSSR count). The maximum Gasteiger partial charge on any atom is 0.325 e. The lowest BCUT2D eigenvalue weighted by atomic mass is 10.1. The summed E-state index contributed by atoms with van der Waals surface area (Å²) in [6.07, 6.45) is 0.589. The molecule has 7 nitrogen and oxygen atoms in total. The molecule has 114 valence electrons. The molecule has 0 radical (unpaired) electrons. The van der Waals surface area contributed by atoms with Crippen LogP contribution in [0.15, 0.2) is 18.2 Å². The number of nitro benzene ring substituents is 1. The minimum Gasteiger partial charge on any atom is -0.468 e. The first kappa shape index (κ1) is 16.5. The lowest BCUT2D eigenvalue weighted by Crippen LogP contribution is -2.36. The fourth-order valence-electron chi connectivity index (χ4n) is 1.71. The quantitative estimate of drug-likeness (QED) is 0.453. The van der Waals surface area contributed by atoms with Crippen molar-refractivity contribution in [1.82, 2.24) is 4.90 Å². The van der Waals surface area contributed by atoms with Crippen molar-refractivity contribution < 1.29 is 23.6 Å². The van der Waals surface area contributed by atoms with Crippen LogP contribution in [0.3, 0.4) is 0 Å². The van der Waals surface area contributed by atoms with Gasteiger partial charge in [-0.3, -0.25) is 19.7 Å². The number of carbonyl (C=O) groups is 2. The Morgan fingerprint density at radius 2 is 2.10 bits per heavy atom. The van der Waals surface area contributed by atoms with Crippen molar-refractivity contribution >= 4 is 17.6 Å². The average molecular weight is 298 g/mol. The number of nitrogens with zero attached hydrogens (tertiary/aromatic N) is 2. The molecule has 0 bridgehead atoms. The normalized spacial score (nSPS) is 10.0. The highest BCUT2D eigenvalue weighted by Crippen LogP contribution is 2.19. The second kappa shape index (κ2) is 7.32. The van der Waals surface area contributed by atoms with E-state index < -0.39 is 28.3 Å². The van der Waals surface area contributed by atoms with Gasteiger partial charge in [0, 0.05) is 18.2 Å². The first-order chi connectivity index (χ1) is 9.90. The third kappa shape index (κ3) is 4.23. The number of nitro groups is 1. The summed E-state index contributed by atoms with van der Waals surface area (Å²) >= 11 is 0. The monoisotopic (exact) mass is 298 g/mol. The third-order valence-electron chi connectivity index (χ3n) is 2.72. The Bertz CT molecular complexity index is 561. The first-order valence-corrected chi connectivity index (χ1v) is 6.20. The van der Waals surface area contributed by atoms with E-state index in [1.54, 1.807) is 0 Å². The predicted octanol–water partition coefficient (Wildman–Crippen LogP) is 1.76. The number of esters is 1. The van der Waals surface area contributed by atoms with Gasteiger partial charge in [0.15, 0.2) is 0 Å². The number of halogens is 1. The molecule has 0 N–H and O–H groups in total. The molecular weight excluding hydrogens is 283 g/mol. The molecule has 0 aliphatic heterocycles. The van der Waals surface area contributed by atoms with E-state index in [1.807, 2.05) is 6.92 Å². The standard InChI is InChI=1S/C13H15FN2O5/c1-3-6-15(8-12(17)21-2)13(18)9-4-5-10(14)11(7-9)16(19)20/h4-5,7H,3,6,8H2,1-2H3. The number of rotatable bonds is 6. The molecule has 0 saturated heterocycles. The van der Waals surface area contributed by atoms with Gasteiger partial charge in [0.05, 0.1) is 12.0 Å². The molecule has 0 saturated carbocycles. The van der Waals surface area contributed by atoms with Gasteiger partial charge < -0.3 is 9.64 Å². The number of carbonyl (C=O) groups excluding carboxylic acids is 2. The molecule has 8 heteroatoms. The van der Waals surface area contributed by atoms with Crippen molar-refractivity contribution in [3.8, 4) is 0 Å². The summed E-state index contributed by atoms with van der Waals surface area (Å²) in [4.78, 5) is 34.5. The molecule has 0 atom stereocenters. The van der Waals surface area contributed by atoms with Gasteiger partial charge in [0.25, 0.3) is 5.91 Å². The summed E-state index contributed by atoms with van der Waals surface area (Å²) in [5.74, 6) is -2.22. The topological polar surface area (TPSA) is 89.8 Å². The number of ether oxygens (including phenoxy) is 1. The molecule has 21 heavy (non-hydrogen) atoms. The van der Waals surface area contributed by atoms with Crippen molar-refractivity contribution in [2.75, 3.05) is 20.2 Å². The van der Waals surface area contributed by atoms with E-state index >= 15 is 0 Å². The van der Waals surface area contributed by atoms with Gasteiger partial charge in [-0.25, -0.2) is 0 Å². The van der Waals surface area contributed by atoms with Gasteiger partial charge in [-0.2, -0.15) is 4.39 Å². The zero-order valence-electron chi connectivity index (χ0n) is 11.7. The smallest absolute Gasteiger partial charge is 0.325 e. The molecular formula is C13H15FN2O5. The van der Waals surface area contributed by atoms with Crippen LogP contribution in [-0.2, 0) is 9.53 Å². The second-order valence-corrected chi connectivity index (χ2v) is 4.23. The molecule has 0 unspecified atom stereocenters. The third-order valence-corrected chi connectivity index (χ3v) is 2.72. The van der Waals surface area contributed by atoms with E-state index in [4.69, 9.17) is 0 Å². The number of methoxy groups -OCH3 is 1. The van der Waals surface area contributed by atoms with Gasteiger partial charge in [-0.15, -0.1) is 0 Å². The maximum absolute atomic E-state index is 13.3. The zero-order valence-corrected chi connectivity index (χ0v) is 11.7. The van der Waals surface area contributed by atoms with Crippen molar-refractivity contribution in [2.45, 2.75) is 13.3 Å². The molecule has 1 aromatic carbocycles. The van der Waals surface area contributed by atoms with Crippen LogP contribution in [0.25, 0.3) is 0 Å². The van der Waals surface area contributed by atoms with Gasteiger partial charge in [-0.1, -0.05) is 6.92 Å². The summed E-state index contributed by atoms with van der Waals surface area (Å²) in [5, 5.41) is 10.7. The number of benzene rings is 1. The van der Waals surface area contributed by atoms with Crippen molar-refractivity contribution in [3.05, 3.63) is 39.7 Å². The minimum absolute atomic E-state index is 0.0551. The Labute approximate surface area is 120 Å². The largest absolute Gasteiger partial charge is 0.468 e. The number of amides is 1. The molecule has 0 aliphatic rings. The fraction of sp³-hybridized carbons (Fsp3) is 0.385. The van der Waals surface area contributed by atoms with Crippen molar-refractivity contribution in [2.24, 2.45) is 0 Å². The van der Waals surface area contributed by atoms with E-state index in [-0.39, 0.29) is 18.7 Å². The van der Waals surface area contributed by atoms with E-state index in [0.29, 0.717) is 6.42 Å². The van der Waals surface area contributed by atoms with E-state index in [1.165, 1.54) is 12.0 Å². The predicted molar refractivity (Wildman–Crippen MR) is 71.3 cm³/mol. The summed E-state index contributed by atoms with van der Waals surface area (Å²) in [6, 6.07) is 2.86. The molecule has 0 heterocycles. The Morgan fingerprint density at radius 3 is 2.62 bits per heavy atom. The van der Waals surface area contributed by atoms with Gasteiger partial charge in [0.1, 0.15) is 6.54 Å². The summed E-state index contributed by atoms with van der Waals surface area (Å²) in [6.45, 7) is 1.82. The number of hydrogen-bond donors (Lipinski definition) is 0. The Kier molecular flexibility index (Phi) is 5.77. The summed E-state index contributed by atoms with van der Waals surface area (Å²) in [5.41, 5.74) is -0.837. The van der Waals surface area contributed by atoms with Crippen LogP contribution < -0.4 is 0 Å². The Hall–Kier alpha value is -2.51. The van der Waals surface area contributed by atoms with Gasteiger partial charge >= 0.3 is 11.7 Å². The molecule has 0 fully saturated rings. The van der Waals surface area contributed by atoms with E-state index in [2.05, 4.69) is 4.74 Å². The van der Waals surface area contributed by atoms with Crippen LogP contribution in [0.5, 0.6) is 0 Å². The molecule has 1 amide bonds. The van der Waals surface area contributed by atoms with Crippen LogP contribution in [0.1, 0.15) is 23.7 Å². The van der Waals surface area contributed by atoms with E-state index in [9.17, 15) is 24.1 Å². The molecule has 0 spiro atoms. The average Bonchev–Trinajstić information content (AvgIpc) is 2.46. The summed E-state index contributed by atoms with van der Waals surface area (Å²) in [7, 11) is 1.19. The maximum atomic E-state index is 13.3. The zero-order chi connectivity index (χ0) is 16.0. The minimum atomic E-state index is -1.02. The van der Waals surface area contributed by atoms with Crippen molar-refractivity contribution in [1.29, 1.82) is 0 Å². The van der Waals surface area contributed by atoms with Gasteiger partial charge in [-0.05, 0) is 18.6 Å². The highest BCUT2D eigenvalue weighted by molar-refractivity contribution is 5.96. The highest BCUT2D eigenvalue weighted by Gasteiger charge is 2.22. The van der Waals surface area contributed by atoms with Crippen LogP contribution in [0.4, 0.5) is 10.1 Å².